The zero-order valence-corrected chi connectivity index (χ0v) is 24.6. The number of rotatable bonds is 10. The van der Waals surface area contributed by atoms with Gasteiger partial charge in [-0.25, -0.2) is 0 Å². The van der Waals surface area contributed by atoms with Gasteiger partial charge in [0.15, 0.2) is 0 Å². The topological polar surface area (TPSA) is 99.1 Å². The molecule has 0 saturated heterocycles. The van der Waals surface area contributed by atoms with E-state index >= 15 is 0 Å². The van der Waals surface area contributed by atoms with E-state index in [9.17, 15) is 14.4 Å². The molecule has 1 saturated carbocycles. The summed E-state index contributed by atoms with van der Waals surface area (Å²) in [6, 6.07) is 14.4. The Hall–Kier alpha value is -3.19. The second-order valence-electron chi connectivity index (χ2n) is 11.7. The highest BCUT2D eigenvalue weighted by Crippen LogP contribution is 2.50. The maximum atomic E-state index is 14.2. The smallest absolute Gasteiger partial charge is 0.305 e. The zero-order valence-electron chi connectivity index (χ0n) is 23.9. The lowest BCUT2D eigenvalue weighted by atomic mass is 9.67. The van der Waals surface area contributed by atoms with Crippen LogP contribution in [0.1, 0.15) is 100 Å². The van der Waals surface area contributed by atoms with Crippen molar-refractivity contribution in [3.05, 3.63) is 70.2 Å². The van der Waals surface area contributed by atoms with Crippen LogP contribution in [-0.4, -0.2) is 45.7 Å². The Bertz CT molecular complexity index is 1280. The highest BCUT2D eigenvalue weighted by Gasteiger charge is 2.52. The molecule has 2 aliphatic rings. The summed E-state index contributed by atoms with van der Waals surface area (Å²) in [4.78, 5) is 44.7. The van der Waals surface area contributed by atoms with Crippen LogP contribution in [0.3, 0.4) is 0 Å². The van der Waals surface area contributed by atoms with Crippen molar-refractivity contribution >= 4 is 35.1 Å². The molecule has 1 heterocycles. The molecule has 8 heteroatoms. The monoisotopic (exact) mass is 565 g/mol. The van der Waals surface area contributed by atoms with Crippen molar-refractivity contribution in [1.82, 2.24) is 10.2 Å². The number of hydrogen-bond donors (Lipinski definition) is 2. The lowest BCUT2D eigenvalue weighted by Crippen LogP contribution is -2.51. The van der Waals surface area contributed by atoms with Crippen LogP contribution in [0, 0.1) is 11.3 Å². The molecule has 0 unspecified atom stereocenters. The minimum absolute atomic E-state index is 0.0672. The molecule has 40 heavy (non-hydrogen) atoms. The van der Waals surface area contributed by atoms with Gasteiger partial charge in [0.2, 0.25) is 0 Å². The second-order valence-corrected chi connectivity index (χ2v) is 12.1. The first-order valence-corrected chi connectivity index (χ1v) is 14.7. The lowest BCUT2D eigenvalue weighted by Gasteiger charge is -2.48. The number of benzene rings is 2. The number of nitrogens with one attached hydrogen (secondary N) is 1. The number of carbonyl (C=O) groups is 3. The summed E-state index contributed by atoms with van der Waals surface area (Å²) in [6.07, 6.45) is 5.28. The fourth-order valence-electron chi connectivity index (χ4n) is 6.18. The number of hydrogen-bond acceptors (Lipinski definition) is 4. The van der Waals surface area contributed by atoms with E-state index in [-0.39, 0.29) is 36.2 Å². The van der Waals surface area contributed by atoms with Crippen LogP contribution in [0.5, 0.6) is 0 Å². The second kappa shape index (κ2) is 12.1. The maximum Gasteiger partial charge on any atom is 0.305 e. The van der Waals surface area contributed by atoms with Gasteiger partial charge in [0, 0.05) is 22.7 Å². The van der Waals surface area contributed by atoms with E-state index in [2.05, 4.69) is 33.0 Å². The zero-order chi connectivity index (χ0) is 29.1. The molecule has 1 spiro atoms. The summed E-state index contributed by atoms with van der Waals surface area (Å²) < 4.78 is 0. The molecular formula is C32H40ClN3O4. The summed E-state index contributed by atoms with van der Waals surface area (Å²) in [7, 11) is 0. The summed E-state index contributed by atoms with van der Waals surface area (Å²) >= 11 is 6.30. The van der Waals surface area contributed by atoms with Gasteiger partial charge in [-0.15, -0.1) is 0 Å². The minimum Gasteiger partial charge on any atom is -0.481 e. The van der Waals surface area contributed by atoms with Crippen molar-refractivity contribution in [2.24, 2.45) is 16.3 Å². The van der Waals surface area contributed by atoms with Gasteiger partial charge in [0.1, 0.15) is 11.4 Å². The molecule has 0 radical (unpaired) electrons. The van der Waals surface area contributed by atoms with E-state index < -0.39 is 11.6 Å². The Morgan fingerprint density at radius 3 is 2.40 bits per heavy atom. The Morgan fingerprint density at radius 2 is 1.82 bits per heavy atom. The van der Waals surface area contributed by atoms with Gasteiger partial charge < -0.3 is 15.3 Å². The molecule has 1 aliphatic heterocycles. The van der Waals surface area contributed by atoms with Crippen molar-refractivity contribution in [2.75, 3.05) is 6.54 Å². The van der Waals surface area contributed by atoms with Gasteiger partial charge in [-0.2, -0.15) is 0 Å². The predicted octanol–water partition coefficient (Wildman–Crippen LogP) is 6.65. The van der Waals surface area contributed by atoms with Crippen LogP contribution < -0.4 is 5.32 Å². The third kappa shape index (κ3) is 6.09. The Labute approximate surface area is 242 Å². The number of carbonyl (C=O) groups excluding carboxylic acids is 2. The molecule has 1 aliphatic carbocycles. The van der Waals surface area contributed by atoms with Crippen molar-refractivity contribution in [1.29, 1.82) is 0 Å². The molecule has 1 atom stereocenters. The van der Waals surface area contributed by atoms with Crippen molar-refractivity contribution in [3.8, 4) is 0 Å². The highest BCUT2D eigenvalue weighted by atomic mass is 35.5. The van der Waals surface area contributed by atoms with Crippen molar-refractivity contribution in [2.45, 2.75) is 84.3 Å². The van der Waals surface area contributed by atoms with Gasteiger partial charge in [0.25, 0.3) is 11.8 Å². The van der Waals surface area contributed by atoms with E-state index in [0.29, 0.717) is 28.6 Å². The first-order chi connectivity index (χ1) is 19.0. The standard InChI is InChI=1S/C32H40ClN3O4/c1-5-26(21-10-12-22(13-11-21)29(39)34-19-16-27(37)38)36-30(40)28(23-8-7-9-25(33)20-23)35-32(36)17-14-24(15-18-32)31(3,4)6-2/h7-13,20,24,26H,5-6,14-19H2,1-4H3,(H,34,39)(H,37,38)/t24?,26-,32?/m1/s1. The molecule has 2 aromatic rings. The van der Waals surface area contributed by atoms with Crippen LogP contribution in [0.15, 0.2) is 53.5 Å². The van der Waals surface area contributed by atoms with Crippen LogP contribution in [0.4, 0.5) is 0 Å². The van der Waals surface area contributed by atoms with Crippen LogP contribution in [-0.2, 0) is 9.59 Å². The molecule has 0 bridgehead atoms. The van der Waals surface area contributed by atoms with E-state index in [1.54, 1.807) is 24.3 Å². The fraction of sp³-hybridized carbons (Fsp3) is 0.500. The summed E-state index contributed by atoms with van der Waals surface area (Å²) in [5.41, 5.74) is 2.20. The number of halogens is 1. The third-order valence-corrected chi connectivity index (χ3v) is 9.21. The number of aliphatic imine (C=N–C) groups is 1. The minimum atomic E-state index is -0.961. The normalized spacial score (nSPS) is 21.8. The highest BCUT2D eigenvalue weighted by molar-refractivity contribution is 6.47. The molecule has 4 rings (SSSR count). The van der Waals surface area contributed by atoms with Crippen molar-refractivity contribution in [3.63, 3.8) is 0 Å². The number of amides is 2. The van der Waals surface area contributed by atoms with Crippen LogP contribution >= 0.6 is 11.6 Å². The Balaban J connectivity index is 1.65. The quantitative estimate of drug-likeness (QED) is 0.337. The SMILES string of the molecule is CC[C@H](c1ccc(C(=O)NCCC(=O)O)cc1)N1C(=O)C(c2cccc(Cl)c2)=NC12CCC(C(C)(C)CC)CC2. The number of carboxylic acid groups (broad SMARTS) is 1. The summed E-state index contributed by atoms with van der Waals surface area (Å²) in [6.45, 7) is 9.05. The molecule has 2 N–H and O–H groups in total. The molecule has 214 valence electrons. The summed E-state index contributed by atoms with van der Waals surface area (Å²) in [5, 5.41) is 12.0. The van der Waals surface area contributed by atoms with E-state index in [1.165, 1.54) is 0 Å². The van der Waals surface area contributed by atoms with Gasteiger partial charge in [-0.05, 0) is 73.3 Å². The first kappa shape index (κ1) is 29.8. The first-order valence-electron chi connectivity index (χ1n) is 14.3. The molecule has 1 fully saturated rings. The Kier molecular flexibility index (Phi) is 9.03. The van der Waals surface area contributed by atoms with Gasteiger partial charge in [-0.3, -0.25) is 19.4 Å². The predicted molar refractivity (Wildman–Crippen MR) is 158 cm³/mol. The third-order valence-electron chi connectivity index (χ3n) is 8.97. The van der Waals surface area contributed by atoms with Gasteiger partial charge in [-0.1, -0.05) is 70.0 Å². The average molecular weight is 566 g/mol. The number of nitrogens with zero attached hydrogens (tertiary/aromatic N) is 2. The molecule has 0 aromatic heterocycles. The van der Waals surface area contributed by atoms with Gasteiger partial charge in [0.05, 0.1) is 12.5 Å². The summed E-state index contributed by atoms with van der Waals surface area (Å²) in [5.74, 6) is -0.794. The number of carboxylic acids is 1. The van der Waals surface area contributed by atoms with Crippen LogP contribution in [0.2, 0.25) is 5.02 Å². The number of aliphatic carboxylic acids is 1. The van der Waals surface area contributed by atoms with E-state index in [4.69, 9.17) is 21.7 Å². The molecule has 2 amide bonds. The van der Waals surface area contributed by atoms with Gasteiger partial charge >= 0.3 is 5.97 Å². The molecule has 2 aromatic carbocycles. The molecule has 7 nitrogen and oxygen atoms in total. The van der Waals surface area contributed by atoms with E-state index in [1.807, 2.05) is 29.2 Å². The average Bonchev–Trinajstić information content (AvgIpc) is 3.21. The Morgan fingerprint density at radius 1 is 1.15 bits per heavy atom. The van der Waals surface area contributed by atoms with E-state index in [0.717, 1.165) is 43.2 Å². The van der Waals surface area contributed by atoms with Crippen molar-refractivity contribution < 1.29 is 19.5 Å². The molecular weight excluding hydrogens is 526 g/mol. The largest absolute Gasteiger partial charge is 0.481 e. The van der Waals surface area contributed by atoms with Crippen LogP contribution in [0.25, 0.3) is 0 Å². The fourth-order valence-corrected chi connectivity index (χ4v) is 6.37. The lowest BCUT2D eigenvalue weighted by molar-refractivity contribution is -0.137. The maximum absolute atomic E-state index is 14.2.